The Hall–Kier alpha value is -1.94. The molecule has 88 valence electrons. The number of rotatable bonds is 4. The molecule has 2 aromatic rings. The van der Waals surface area contributed by atoms with Gasteiger partial charge in [0.25, 0.3) is 0 Å². The minimum absolute atomic E-state index is 0.625. The van der Waals surface area contributed by atoms with Crippen molar-refractivity contribution < 1.29 is 4.74 Å². The molecule has 17 heavy (non-hydrogen) atoms. The highest BCUT2D eigenvalue weighted by Crippen LogP contribution is 2.23. The normalized spacial score (nSPS) is 10.2. The summed E-state index contributed by atoms with van der Waals surface area (Å²) in [4.78, 5) is 8.57. The average molecular weight is 229 g/mol. The van der Waals surface area contributed by atoms with Crippen molar-refractivity contribution in [2.24, 2.45) is 0 Å². The quantitative estimate of drug-likeness (QED) is 0.874. The number of hydrogen-bond acceptors (Lipinski definition) is 4. The molecule has 2 rings (SSSR count). The van der Waals surface area contributed by atoms with Crippen molar-refractivity contribution in [3.05, 3.63) is 42.2 Å². The minimum atomic E-state index is 0.625. The maximum Gasteiger partial charge on any atom is 0.152 e. The second-order valence-corrected chi connectivity index (χ2v) is 3.63. The summed E-state index contributed by atoms with van der Waals surface area (Å²) in [6.45, 7) is 0.625. The summed E-state index contributed by atoms with van der Waals surface area (Å²) < 4.78 is 5.08. The molecule has 0 aliphatic carbocycles. The molecule has 0 saturated heterocycles. The number of ether oxygens (including phenoxy) is 1. The Morgan fingerprint density at radius 3 is 2.47 bits per heavy atom. The highest BCUT2D eigenvalue weighted by Gasteiger charge is 2.05. The van der Waals surface area contributed by atoms with Gasteiger partial charge in [0.1, 0.15) is 5.69 Å². The second kappa shape index (κ2) is 5.41. The number of benzene rings is 1. The van der Waals surface area contributed by atoms with Crippen LogP contribution in [0, 0.1) is 0 Å². The van der Waals surface area contributed by atoms with Crippen LogP contribution < -0.4 is 5.32 Å². The van der Waals surface area contributed by atoms with E-state index >= 15 is 0 Å². The van der Waals surface area contributed by atoms with Gasteiger partial charge in [0.2, 0.25) is 0 Å². The van der Waals surface area contributed by atoms with Gasteiger partial charge in [-0.25, -0.2) is 4.98 Å². The number of hydrogen-bond donors (Lipinski definition) is 1. The molecule has 0 spiro atoms. The van der Waals surface area contributed by atoms with E-state index in [0.29, 0.717) is 6.61 Å². The summed E-state index contributed by atoms with van der Waals surface area (Å²) in [7, 11) is 3.53. The van der Waals surface area contributed by atoms with E-state index in [-0.39, 0.29) is 0 Å². The molecule has 0 unspecified atom stereocenters. The summed E-state index contributed by atoms with van der Waals surface area (Å²) in [5.74, 6) is 0.784. The monoisotopic (exact) mass is 229 g/mol. The lowest BCUT2D eigenvalue weighted by atomic mass is 10.1. The van der Waals surface area contributed by atoms with Crippen LogP contribution in [0.2, 0.25) is 0 Å². The molecule has 1 aromatic heterocycles. The number of methoxy groups -OCH3 is 1. The Morgan fingerprint density at radius 1 is 1.12 bits per heavy atom. The van der Waals surface area contributed by atoms with E-state index in [1.807, 2.05) is 31.3 Å². The Bertz CT molecular complexity index is 482. The summed E-state index contributed by atoms with van der Waals surface area (Å²) >= 11 is 0. The Morgan fingerprint density at radius 2 is 1.82 bits per heavy atom. The number of aromatic nitrogens is 2. The molecular formula is C13H15N3O. The number of nitrogens with one attached hydrogen (secondary N) is 1. The van der Waals surface area contributed by atoms with Crippen LogP contribution in [-0.4, -0.2) is 24.1 Å². The summed E-state index contributed by atoms with van der Waals surface area (Å²) in [5.41, 5.74) is 3.05. The van der Waals surface area contributed by atoms with Crippen molar-refractivity contribution in [2.75, 3.05) is 19.5 Å². The van der Waals surface area contributed by atoms with Gasteiger partial charge in [0.15, 0.2) is 5.82 Å². The fraction of sp³-hybridized carbons (Fsp3) is 0.231. The van der Waals surface area contributed by atoms with Gasteiger partial charge in [0, 0.05) is 32.1 Å². The number of anilines is 1. The van der Waals surface area contributed by atoms with Gasteiger partial charge in [-0.3, -0.25) is 4.98 Å². The smallest absolute Gasteiger partial charge is 0.152 e. The maximum absolute atomic E-state index is 5.08. The fourth-order valence-corrected chi connectivity index (χ4v) is 1.66. The topological polar surface area (TPSA) is 47.0 Å². The van der Waals surface area contributed by atoms with Crippen LogP contribution in [0.25, 0.3) is 11.3 Å². The van der Waals surface area contributed by atoms with Gasteiger partial charge >= 0.3 is 0 Å². The first-order valence-corrected chi connectivity index (χ1v) is 5.42. The molecule has 0 aliphatic rings. The molecule has 0 amide bonds. The zero-order chi connectivity index (χ0) is 12.1. The van der Waals surface area contributed by atoms with Crippen LogP contribution >= 0.6 is 0 Å². The van der Waals surface area contributed by atoms with Crippen LogP contribution in [-0.2, 0) is 11.3 Å². The van der Waals surface area contributed by atoms with Crippen molar-refractivity contribution in [3.8, 4) is 11.3 Å². The Labute approximate surface area is 101 Å². The first kappa shape index (κ1) is 11.5. The van der Waals surface area contributed by atoms with E-state index in [1.54, 1.807) is 19.5 Å². The van der Waals surface area contributed by atoms with Gasteiger partial charge in [-0.05, 0) is 5.56 Å². The molecule has 0 fully saturated rings. The van der Waals surface area contributed by atoms with E-state index in [0.717, 1.165) is 22.6 Å². The maximum atomic E-state index is 5.08. The molecule has 4 nitrogen and oxygen atoms in total. The van der Waals surface area contributed by atoms with Crippen molar-refractivity contribution in [1.29, 1.82) is 0 Å². The predicted octanol–water partition coefficient (Wildman–Crippen LogP) is 2.33. The van der Waals surface area contributed by atoms with Crippen molar-refractivity contribution in [3.63, 3.8) is 0 Å². The third-order valence-electron chi connectivity index (χ3n) is 2.47. The van der Waals surface area contributed by atoms with Crippen LogP contribution in [0.4, 0.5) is 5.82 Å². The summed E-state index contributed by atoms with van der Waals surface area (Å²) in [5, 5.41) is 3.04. The zero-order valence-electron chi connectivity index (χ0n) is 9.97. The van der Waals surface area contributed by atoms with Crippen LogP contribution in [0.15, 0.2) is 36.7 Å². The Balaban J connectivity index is 2.33. The minimum Gasteiger partial charge on any atom is -0.380 e. The first-order chi connectivity index (χ1) is 8.35. The van der Waals surface area contributed by atoms with Crippen LogP contribution in [0.3, 0.4) is 0 Å². The molecule has 1 N–H and O–H groups in total. The van der Waals surface area contributed by atoms with Gasteiger partial charge in [0.05, 0.1) is 6.61 Å². The lowest BCUT2D eigenvalue weighted by Gasteiger charge is -2.07. The third kappa shape index (κ3) is 2.60. The standard InChI is InChI=1S/C13H15N3O/c1-14-13-12(15-7-8-16-13)11-5-3-10(4-6-11)9-17-2/h3-8H,9H2,1-2H3,(H,14,16). The second-order valence-electron chi connectivity index (χ2n) is 3.63. The lowest BCUT2D eigenvalue weighted by Crippen LogP contribution is -1.97. The van der Waals surface area contributed by atoms with Gasteiger partial charge in [-0.1, -0.05) is 24.3 Å². The van der Waals surface area contributed by atoms with Crippen molar-refractivity contribution in [1.82, 2.24) is 9.97 Å². The molecule has 0 bridgehead atoms. The van der Waals surface area contributed by atoms with Crippen molar-refractivity contribution >= 4 is 5.82 Å². The first-order valence-electron chi connectivity index (χ1n) is 5.42. The molecule has 0 atom stereocenters. The van der Waals surface area contributed by atoms with Gasteiger partial charge in [-0.15, -0.1) is 0 Å². The molecule has 1 aromatic carbocycles. The average Bonchev–Trinajstić information content (AvgIpc) is 2.40. The highest BCUT2D eigenvalue weighted by atomic mass is 16.5. The molecule has 4 heteroatoms. The van der Waals surface area contributed by atoms with Gasteiger partial charge in [-0.2, -0.15) is 0 Å². The predicted molar refractivity (Wildman–Crippen MR) is 67.7 cm³/mol. The molecule has 0 radical (unpaired) electrons. The Kier molecular flexibility index (Phi) is 3.67. The molecule has 1 heterocycles. The zero-order valence-corrected chi connectivity index (χ0v) is 9.97. The largest absolute Gasteiger partial charge is 0.380 e. The fourth-order valence-electron chi connectivity index (χ4n) is 1.66. The molecular weight excluding hydrogens is 214 g/mol. The SMILES string of the molecule is CNc1nccnc1-c1ccc(COC)cc1. The third-order valence-corrected chi connectivity index (χ3v) is 2.47. The summed E-state index contributed by atoms with van der Waals surface area (Å²) in [6, 6.07) is 8.12. The van der Waals surface area contributed by atoms with E-state index in [2.05, 4.69) is 15.3 Å². The van der Waals surface area contributed by atoms with Crippen LogP contribution in [0.5, 0.6) is 0 Å². The number of nitrogens with zero attached hydrogens (tertiary/aromatic N) is 2. The van der Waals surface area contributed by atoms with Crippen LogP contribution in [0.1, 0.15) is 5.56 Å². The van der Waals surface area contributed by atoms with E-state index in [1.165, 1.54) is 0 Å². The van der Waals surface area contributed by atoms with E-state index in [9.17, 15) is 0 Å². The summed E-state index contributed by atoms with van der Waals surface area (Å²) in [6.07, 6.45) is 3.37. The van der Waals surface area contributed by atoms with Gasteiger partial charge < -0.3 is 10.1 Å². The lowest BCUT2D eigenvalue weighted by molar-refractivity contribution is 0.185. The molecule has 0 saturated carbocycles. The highest BCUT2D eigenvalue weighted by molar-refractivity contribution is 5.70. The van der Waals surface area contributed by atoms with Crippen molar-refractivity contribution in [2.45, 2.75) is 6.61 Å². The van der Waals surface area contributed by atoms with E-state index in [4.69, 9.17) is 4.74 Å². The van der Waals surface area contributed by atoms with E-state index < -0.39 is 0 Å². The molecule has 0 aliphatic heterocycles.